The van der Waals surface area contributed by atoms with Crippen LogP contribution < -0.4 is 0 Å². The topological polar surface area (TPSA) is 41.6 Å². The van der Waals surface area contributed by atoms with E-state index in [4.69, 9.17) is 5.26 Å². The molecule has 1 aromatic rings. The van der Waals surface area contributed by atoms with Gasteiger partial charge in [-0.1, -0.05) is 0 Å². The normalized spacial score (nSPS) is 11.8. The number of alkyl halides is 3. The highest BCUT2D eigenvalue weighted by Gasteiger charge is 2.37. The van der Waals surface area contributed by atoms with Gasteiger partial charge in [0.2, 0.25) is 0 Å². The minimum Gasteiger partial charge on any atom is -0.269 e. The Morgan fingerprint density at radius 3 is 2.53 bits per heavy atom. The first-order valence-electron chi connectivity index (χ1n) is 4.38. The molecule has 0 N–H and O–H groups in total. The lowest BCUT2D eigenvalue weighted by atomic mass is 10.2. The Bertz CT molecular complexity index is 384. The minimum absolute atomic E-state index is 0.0706. The summed E-state index contributed by atoms with van der Waals surface area (Å²) in [5, 5.41) is 11.8. The van der Waals surface area contributed by atoms with Gasteiger partial charge < -0.3 is 0 Å². The molecule has 0 radical (unpaired) electrons. The van der Waals surface area contributed by atoms with Crippen molar-refractivity contribution in [1.82, 2.24) is 9.78 Å². The van der Waals surface area contributed by atoms with Crippen molar-refractivity contribution in [2.75, 3.05) is 0 Å². The molecule has 0 aromatic carbocycles. The molecule has 0 aliphatic carbocycles. The van der Waals surface area contributed by atoms with E-state index in [9.17, 15) is 13.2 Å². The van der Waals surface area contributed by atoms with E-state index >= 15 is 0 Å². The molecule has 0 amide bonds. The second-order valence-electron chi connectivity index (χ2n) is 3.41. The fourth-order valence-electron chi connectivity index (χ4n) is 1.15. The van der Waals surface area contributed by atoms with Crippen molar-refractivity contribution in [1.29, 1.82) is 5.26 Å². The van der Waals surface area contributed by atoms with Gasteiger partial charge in [0, 0.05) is 17.8 Å². The highest BCUT2D eigenvalue weighted by Crippen LogP contribution is 2.31. The van der Waals surface area contributed by atoms with E-state index in [1.807, 2.05) is 0 Å². The van der Waals surface area contributed by atoms with Gasteiger partial charge in [0.15, 0.2) is 5.69 Å². The van der Waals surface area contributed by atoms with Gasteiger partial charge in [-0.05, 0) is 13.8 Å². The number of halogens is 3. The SMILES string of the molecule is CC(C)n1cc(CC#N)c(C(F)(F)F)n1. The van der Waals surface area contributed by atoms with Crippen LogP contribution in [0.5, 0.6) is 0 Å². The molecule has 0 spiro atoms. The van der Waals surface area contributed by atoms with Crippen LogP contribution in [0.15, 0.2) is 6.20 Å². The Balaban J connectivity index is 3.19. The van der Waals surface area contributed by atoms with Crippen molar-refractivity contribution in [3.63, 3.8) is 0 Å². The largest absolute Gasteiger partial charge is 0.435 e. The molecule has 1 heterocycles. The van der Waals surface area contributed by atoms with Crippen LogP contribution in [0.25, 0.3) is 0 Å². The summed E-state index contributed by atoms with van der Waals surface area (Å²) in [6, 6.07) is 1.54. The molecule has 0 aliphatic heterocycles. The molecule has 0 saturated carbocycles. The first-order valence-corrected chi connectivity index (χ1v) is 4.38. The van der Waals surface area contributed by atoms with Gasteiger partial charge in [-0.3, -0.25) is 4.68 Å². The van der Waals surface area contributed by atoms with Crippen LogP contribution in [0.3, 0.4) is 0 Å². The van der Waals surface area contributed by atoms with Crippen molar-refractivity contribution in [2.45, 2.75) is 32.5 Å². The third kappa shape index (κ3) is 2.49. The summed E-state index contributed by atoms with van der Waals surface area (Å²) >= 11 is 0. The van der Waals surface area contributed by atoms with Crippen molar-refractivity contribution in [3.8, 4) is 6.07 Å². The lowest BCUT2D eigenvalue weighted by Gasteiger charge is -2.05. The molecular formula is C9H10F3N3. The van der Waals surface area contributed by atoms with Gasteiger partial charge in [-0.2, -0.15) is 23.5 Å². The van der Waals surface area contributed by atoms with Crippen molar-refractivity contribution < 1.29 is 13.2 Å². The predicted molar refractivity (Wildman–Crippen MR) is 46.9 cm³/mol. The van der Waals surface area contributed by atoms with E-state index in [0.717, 1.165) is 0 Å². The molecule has 0 bridgehead atoms. The molecule has 0 unspecified atom stereocenters. The maximum absolute atomic E-state index is 12.5. The third-order valence-corrected chi connectivity index (χ3v) is 1.87. The quantitative estimate of drug-likeness (QED) is 0.763. The van der Waals surface area contributed by atoms with E-state index in [2.05, 4.69) is 5.10 Å². The van der Waals surface area contributed by atoms with Gasteiger partial charge >= 0.3 is 6.18 Å². The Morgan fingerprint density at radius 1 is 1.53 bits per heavy atom. The summed E-state index contributed by atoms with van der Waals surface area (Å²) in [6.45, 7) is 3.45. The molecule has 15 heavy (non-hydrogen) atoms. The van der Waals surface area contributed by atoms with E-state index in [0.29, 0.717) is 0 Å². The summed E-state index contributed by atoms with van der Waals surface area (Å²) in [4.78, 5) is 0. The standard InChI is InChI=1S/C9H10F3N3/c1-6(2)15-5-7(3-4-13)8(14-15)9(10,11)12/h5-6H,3H2,1-2H3. The number of nitrogens with zero attached hydrogens (tertiary/aromatic N) is 3. The summed E-state index contributed by atoms with van der Waals surface area (Å²) in [5.41, 5.74) is -1.03. The average Bonchev–Trinajstić information content (AvgIpc) is 2.48. The fraction of sp³-hybridized carbons (Fsp3) is 0.556. The summed E-state index contributed by atoms with van der Waals surface area (Å²) in [7, 11) is 0. The molecule has 0 atom stereocenters. The number of aromatic nitrogens is 2. The molecule has 0 saturated heterocycles. The number of rotatable bonds is 2. The highest BCUT2D eigenvalue weighted by atomic mass is 19.4. The van der Waals surface area contributed by atoms with Crippen LogP contribution in [0.1, 0.15) is 31.1 Å². The van der Waals surface area contributed by atoms with Gasteiger partial charge in [0.25, 0.3) is 0 Å². The van der Waals surface area contributed by atoms with E-state index in [1.54, 1.807) is 19.9 Å². The monoisotopic (exact) mass is 217 g/mol. The summed E-state index contributed by atoms with van der Waals surface area (Å²) in [5.74, 6) is 0. The van der Waals surface area contributed by atoms with E-state index < -0.39 is 11.9 Å². The fourth-order valence-corrected chi connectivity index (χ4v) is 1.15. The lowest BCUT2D eigenvalue weighted by Crippen LogP contribution is -2.10. The van der Waals surface area contributed by atoms with Crippen molar-refractivity contribution in [2.24, 2.45) is 0 Å². The van der Waals surface area contributed by atoms with Crippen LogP contribution in [0.4, 0.5) is 13.2 Å². The van der Waals surface area contributed by atoms with Gasteiger partial charge in [0.1, 0.15) is 0 Å². The maximum Gasteiger partial charge on any atom is 0.435 e. The zero-order valence-corrected chi connectivity index (χ0v) is 8.34. The van der Waals surface area contributed by atoms with Crippen LogP contribution in [-0.4, -0.2) is 9.78 Å². The highest BCUT2D eigenvalue weighted by molar-refractivity contribution is 5.23. The predicted octanol–water partition coefficient (Wildman–Crippen LogP) is 2.55. The van der Waals surface area contributed by atoms with E-state index in [-0.39, 0.29) is 18.0 Å². The number of hydrogen-bond donors (Lipinski definition) is 0. The Kier molecular flexibility index (Phi) is 3.03. The number of hydrogen-bond acceptors (Lipinski definition) is 2. The minimum atomic E-state index is -4.49. The Hall–Kier alpha value is -1.51. The van der Waals surface area contributed by atoms with Gasteiger partial charge in [-0.15, -0.1) is 0 Å². The van der Waals surface area contributed by atoms with E-state index in [1.165, 1.54) is 10.9 Å². The maximum atomic E-state index is 12.5. The second kappa shape index (κ2) is 3.93. The average molecular weight is 217 g/mol. The first kappa shape index (κ1) is 11.6. The Labute approximate surface area is 85.1 Å². The number of nitriles is 1. The molecule has 82 valence electrons. The molecule has 0 aliphatic rings. The van der Waals surface area contributed by atoms with Gasteiger partial charge in [0.05, 0.1) is 12.5 Å². The van der Waals surface area contributed by atoms with Gasteiger partial charge in [-0.25, -0.2) is 0 Å². The zero-order valence-electron chi connectivity index (χ0n) is 8.34. The zero-order chi connectivity index (χ0) is 11.6. The van der Waals surface area contributed by atoms with Crippen LogP contribution >= 0.6 is 0 Å². The van der Waals surface area contributed by atoms with Crippen LogP contribution in [-0.2, 0) is 12.6 Å². The van der Waals surface area contributed by atoms with Crippen molar-refractivity contribution >= 4 is 0 Å². The molecule has 1 aromatic heterocycles. The summed E-state index contributed by atoms with van der Waals surface area (Å²) in [6.07, 6.45) is -3.50. The molecule has 3 nitrogen and oxygen atoms in total. The third-order valence-electron chi connectivity index (χ3n) is 1.87. The van der Waals surface area contributed by atoms with Crippen LogP contribution in [0, 0.1) is 11.3 Å². The second-order valence-corrected chi connectivity index (χ2v) is 3.41. The molecule has 6 heteroatoms. The first-order chi connectivity index (χ1) is 6.86. The van der Waals surface area contributed by atoms with Crippen molar-refractivity contribution in [3.05, 3.63) is 17.5 Å². The Morgan fingerprint density at radius 2 is 2.13 bits per heavy atom. The van der Waals surface area contributed by atoms with Crippen LogP contribution in [0.2, 0.25) is 0 Å². The molecular weight excluding hydrogens is 207 g/mol. The summed E-state index contributed by atoms with van der Waals surface area (Å²) < 4.78 is 38.6. The smallest absolute Gasteiger partial charge is 0.269 e. The lowest BCUT2D eigenvalue weighted by molar-refractivity contribution is -0.142. The molecule has 1 rings (SSSR count). The molecule has 0 fully saturated rings.